The Bertz CT molecular complexity index is 549. The van der Waals surface area contributed by atoms with Gasteiger partial charge in [-0.25, -0.2) is 0 Å². The minimum atomic E-state index is 0.904. The van der Waals surface area contributed by atoms with Gasteiger partial charge in [-0.3, -0.25) is 4.98 Å². The van der Waals surface area contributed by atoms with Crippen LogP contribution in [0.2, 0.25) is 0 Å². The van der Waals surface area contributed by atoms with Crippen molar-refractivity contribution in [1.29, 1.82) is 0 Å². The van der Waals surface area contributed by atoms with Gasteiger partial charge in [-0.2, -0.15) is 0 Å². The maximum Gasteiger partial charge on any atom is 0.0708 e. The van der Waals surface area contributed by atoms with E-state index in [4.69, 9.17) is 0 Å². The van der Waals surface area contributed by atoms with Crippen LogP contribution in [0.25, 0.3) is 10.9 Å². The number of aryl methyl sites for hydroxylation is 1. The molecule has 2 rings (SSSR count). The average Bonchev–Trinajstić information content (AvgIpc) is 2.42. The molecule has 0 spiro atoms. The second kappa shape index (κ2) is 6.64. The van der Waals surface area contributed by atoms with Gasteiger partial charge < -0.3 is 10.6 Å². The van der Waals surface area contributed by atoms with Crippen molar-refractivity contribution in [2.45, 2.75) is 27.3 Å². The maximum absolute atomic E-state index is 4.65. The lowest BCUT2D eigenvalue weighted by atomic mass is 10.0. The Hall–Kier alpha value is -1.45. The molecule has 2 N–H and O–H groups in total. The van der Waals surface area contributed by atoms with Gasteiger partial charge in [0.05, 0.1) is 5.52 Å². The van der Waals surface area contributed by atoms with Gasteiger partial charge in [-0.05, 0) is 37.6 Å². The molecule has 0 amide bonds. The summed E-state index contributed by atoms with van der Waals surface area (Å²) in [5.74, 6) is 0. The molecule has 0 aliphatic carbocycles. The maximum atomic E-state index is 4.65. The van der Waals surface area contributed by atoms with E-state index in [1.807, 2.05) is 6.07 Å². The number of para-hydroxylation sites is 1. The summed E-state index contributed by atoms with van der Waals surface area (Å²) in [4.78, 5) is 4.65. The van der Waals surface area contributed by atoms with E-state index in [1.54, 1.807) is 0 Å². The zero-order chi connectivity index (χ0) is 13.7. The molecule has 1 heterocycles. The Morgan fingerprint density at radius 2 is 1.79 bits per heavy atom. The number of hydrogen-bond acceptors (Lipinski definition) is 3. The molecular weight excluding hydrogens is 234 g/mol. The minimum Gasteiger partial charge on any atom is -0.316 e. The van der Waals surface area contributed by atoms with Gasteiger partial charge in [0.1, 0.15) is 0 Å². The number of hydrogen-bond donors (Lipinski definition) is 2. The van der Waals surface area contributed by atoms with E-state index in [0.29, 0.717) is 0 Å². The summed E-state index contributed by atoms with van der Waals surface area (Å²) >= 11 is 0. The third-order valence-electron chi connectivity index (χ3n) is 3.54. The van der Waals surface area contributed by atoms with Crippen LogP contribution in [-0.2, 0) is 6.54 Å². The number of pyridine rings is 1. The van der Waals surface area contributed by atoms with Crippen LogP contribution >= 0.6 is 0 Å². The zero-order valence-corrected chi connectivity index (χ0v) is 12.1. The van der Waals surface area contributed by atoms with Crippen LogP contribution in [0.5, 0.6) is 0 Å². The largest absolute Gasteiger partial charge is 0.316 e. The normalized spacial score (nSPS) is 11.1. The van der Waals surface area contributed by atoms with E-state index in [0.717, 1.165) is 37.4 Å². The quantitative estimate of drug-likeness (QED) is 0.781. The molecule has 0 saturated heterocycles. The van der Waals surface area contributed by atoms with Crippen LogP contribution in [0.4, 0.5) is 0 Å². The monoisotopic (exact) mass is 257 g/mol. The predicted octanol–water partition coefficient (Wildman–Crippen LogP) is 2.55. The molecule has 0 bridgehead atoms. The standard InChI is InChI=1S/C16H23N3/c1-4-17-9-10-18-11-15-12(2)13(3)19-16-8-6-5-7-14(15)16/h5-8,17-18H,4,9-11H2,1-3H3. The van der Waals surface area contributed by atoms with Crippen molar-refractivity contribution >= 4 is 10.9 Å². The van der Waals surface area contributed by atoms with Gasteiger partial charge in [0, 0.05) is 30.7 Å². The Balaban J connectivity index is 2.18. The SMILES string of the molecule is CCNCCNCc1c(C)c(C)nc2ccccc12. The lowest BCUT2D eigenvalue weighted by molar-refractivity contribution is 0.625. The predicted molar refractivity (Wildman–Crippen MR) is 81.5 cm³/mol. The van der Waals surface area contributed by atoms with E-state index in [9.17, 15) is 0 Å². The Labute approximate surface area is 115 Å². The number of aromatic nitrogens is 1. The Morgan fingerprint density at radius 1 is 1.05 bits per heavy atom. The fourth-order valence-electron chi connectivity index (χ4n) is 2.31. The third kappa shape index (κ3) is 3.31. The van der Waals surface area contributed by atoms with Gasteiger partial charge in [0.25, 0.3) is 0 Å². The van der Waals surface area contributed by atoms with Crippen LogP contribution in [0.15, 0.2) is 24.3 Å². The molecule has 3 nitrogen and oxygen atoms in total. The lowest BCUT2D eigenvalue weighted by Gasteiger charge is -2.13. The molecule has 102 valence electrons. The third-order valence-corrected chi connectivity index (χ3v) is 3.54. The molecule has 3 heteroatoms. The first kappa shape index (κ1) is 14.0. The number of fused-ring (bicyclic) bond motifs is 1. The second-order valence-electron chi connectivity index (χ2n) is 4.85. The van der Waals surface area contributed by atoms with E-state index in [-0.39, 0.29) is 0 Å². The van der Waals surface area contributed by atoms with Crippen molar-refractivity contribution in [1.82, 2.24) is 15.6 Å². The number of nitrogens with zero attached hydrogens (tertiary/aromatic N) is 1. The topological polar surface area (TPSA) is 37.0 Å². The Morgan fingerprint density at radius 3 is 2.58 bits per heavy atom. The van der Waals surface area contributed by atoms with Gasteiger partial charge in [0.2, 0.25) is 0 Å². The summed E-state index contributed by atoms with van der Waals surface area (Å²) in [6, 6.07) is 8.38. The molecule has 0 radical (unpaired) electrons. The fraction of sp³-hybridized carbons (Fsp3) is 0.438. The molecule has 0 unspecified atom stereocenters. The van der Waals surface area contributed by atoms with Crippen molar-refractivity contribution in [3.05, 3.63) is 41.1 Å². The van der Waals surface area contributed by atoms with Crippen molar-refractivity contribution < 1.29 is 0 Å². The summed E-state index contributed by atoms with van der Waals surface area (Å²) in [7, 11) is 0. The van der Waals surface area contributed by atoms with Crippen LogP contribution in [0.3, 0.4) is 0 Å². The van der Waals surface area contributed by atoms with Crippen molar-refractivity contribution in [3.63, 3.8) is 0 Å². The van der Waals surface area contributed by atoms with Crippen molar-refractivity contribution in [3.8, 4) is 0 Å². The first-order valence-electron chi connectivity index (χ1n) is 7.00. The molecule has 0 aliphatic heterocycles. The first-order valence-corrected chi connectivity index (χ1v) is 7.00. The highest BCUT2D eigenvalue weighted by Gasteiger charge is 2.08. The molecule has 2 aromatic rings. The van der Waals surface area contributed by atoms with Crippen molar-refractivity contribution in [2.24, 2.45) is 0 Å². The van der Waals surface area contributed by atoms with Gasteiger partial charge >= 0.3 is 0 Å². The number of likely N-dealkylation sites (N-methyl/N-ethyl adjacent to an activating group) is 1. The zero-order valence-electron chi connectivity index (χ0n) is 12.1. The highest BCUT2D eigenvalue weighted by molar-refractivity contribution is 5.83. The van der Waals surface area contributed by atoms with E-state index >= 15 is 0 Å². The van der Waals surface area contributed by atoms with Gasteiger partial charge in [-0.1, -0.05) is 25.1 Å². The number of rotatable bonds is 6. The van der Waals surface area contributed by atoms with Crippen LogP contribution < -0.4 is 10.6 Å². The van der Waals surface area contributed by atoms with Crippen LogP contribution in [0.1, 0.15) is 23.7 Å². The summed E-state index contributed by atoms with van der Waals surface area (Å²) < 4.78 is 0. The molecule has 1 aromatic carbocycles. The average molecular weight is 257 g/mol. The minimum absolute atomic E-state index is 0.904. The lowest BCUT2D eigenvalue weighted by Crippen LogP contribution is -2.27. The van der Waals surface area contributed by atoms with E-state index < -0.39 is 0 Å². The first-order chi connectivity index (χ1) is 9.24. The highest BCUT2D eigenvalue weighted by atomic mass is 14.9. The van der Waals surface area contributed by atoms with Crippen molar-refractivity contribution in [2.75, 3.05) is 19.6 Å². The summed E-state index contributed by atoms with van der Waals surface area (Å²) in [6.45, 7) is 10.3. The number of benzene rings is 1. The smallest absolute Gasteiger partial charge is 0.0708 e. The van der Waals surface area contributed by atoms with Gasteiger partial charge in [-0.15, -0.1) is 0 Å². The van der Waals surface area contributed by atoms with Crippen LogP contribution in [-0.4, -0.2) is 24.6 Å². The van der Waals surface area contributed by atoms with E-state index in [2.05, 4.69) is 54.6 Å². The molecule has 19 heavy (non-hydrogen) atoms. The van der Waals surface area contributed by atoms with Gasteiger partial charge in [0.15, 0.2) is 0 Å². The molecule has 0 fully saturated rings. The highest BCUT2D eigenvalue weighted by Crippen LogP contribution is 2.22. The number of nitrogens with one attached hydrogen (secondary N) is 2. The summed E-state index contributed by atoms with van der Waals surface area (Å²) in [5, 5.41) is 8.09. The Kier molecular flexibility index (Phi) is 4.88. The molecule has 0 atom stereocenters. The molecular formula is C16H23N3. The van der Waals surface area contributed by atoms with Crippen LogP contribution in [0, 0.1) is 13.8 Å². The fourth-order valence-corrected chi connectivity index (χ4v) is 2.31. The molecule has 1 aromatic heterocycles. The molecule has 0 aliphatic rings. The summed E-state index contributed by atoms with van der Waals surface area (Å²) in [5.41, 5.74) is 4.89. The van der Waals surface area contributed by atoms with E-state index in [1.165, 1.54) is 16.5 Å². The second-order valence-corrected chi connectivity index (χ2v) is 4.85. The molecule has 0 saturated carbocycles. The summed E-state index contributed by atoms with van der Waals surface area (Å²) in [6.07, 6.45) is 0.